The van der Waals surface area contributed by atoms with Crippen LogP contribution in [-0.2, 0) is 12.8 Å². The van der Waals surface area contributed by atoms with Crippen molar-refractivity contribution in [1.82, 2.24) is 0 Å². The van der Waals surface area contributed by atoms with Gasteiger partial charge in [0.2, 0.25) is 0 Å². The Bertz CT molecular complexity index is 515. The molecule has 0 amide bonds. The highest BCUT2D eigenvalue weighted by atomic mass is 32.1. The molecule has 0 spiro atoms. The van der Waals surface area contributed by atoms with Crippen LogP contribution in [0.25, 0.3) is 0 Å². The van der Waals surface area contributed by atoms with Crippen molar-refractivity contribution in [2.45, 2.75) is 38.7 Å². The van der Waals surface area contributed by atoms with Crippen LogP contribution >= 0.6 is 11.3 Å². The molecule has 1 atom stereocenters. The van der Waals surface area contributed by atoms with Crippen LogP contribution in [0, 0.1) is 6.92 Å². The summed E-state index contributed by atoms with van der Waals surface area (Å²) in [7, 11) is 0. The molecule has 2 aromatic rings. The standard InChI is InChI=1S/C16H18OS/c1-11-6-8-12(9-7-11)16(17)15-10-13-4-2-3-5-14(13)18-15/h6-10,16-17H,2-5H2,1H3. The molecule has 1 aliphatic rings. The summed E-state index contributed by atoms with van der Waals surface area (Å²) in [6.45, 7) is 2.07. The highest BCUT2D eigenvalue weighted by Gasteiger charge is 2.18. The monoisotopic (exact) mass is 258 g/mol. The number of thiophene rings is 1. The molecule has 1 aliphatic carbocycles. The molecule has 1 nitrogen and oxygen atoms in total. The van der Waals surface area contributed by atoms with Crippen molar-refractivity contribution in [3.05, 3.63) is 56.8 Å². The van der Waals surface area contributed by atoms with E-state index in [1.54, 1.807) is 11.3 Å². The molecule has 0 saturated carbocycles. The summed E-state index contributed by atoms with van der Waals surface area (Å²) in [5.74, 6) is 0. The first-order chi connectivity index (χ1) is 8.74. The van der Waals surface area contributed by atoms with Gasteiger partial charge in [-0.3, -0.25) is 0 Å². The lowest BCUT2D eigenvalue weighted by Gasteiger charge is -2.08. The summed E-state index contributed by atoms with van der Waals surface area (Å²) in [4.78, 5) is 2.59. The van der Waals surface area contributed by atoms with Crippen molar-refractivity contribution < 1.29 is 5.11 Å². The van der Waals surface area contributed by atoms with Crippen molar-refractivity contribution in [3.63, 3.8) is 0 Å². The van der Waals surface area contributed by atoms with Crippen molar-refractivity contribution >= 4 is 11.3 Å². The molecular weight excluding hydrogens is 240 g/mol. The molecule has 0 saturated heterocycles. The fourth-order valence-electron chi connectivity index (χ4n) is 2.56. The molecule has 1 aromatic carbocycles. The number of fused-ring (bicyclic) bond motifs is 1. The molecule has 1 unspecified atom stereocenters. The quantitative estimate of drug-likeness (QED) is 0.862. The van der Waals surface area contributed by atoms with Gasteiger partial charge in [-0.1, -0.05) is 29.8 Å². The lowest BCUT2D eigenvalue weighted by atomic mass is 9.98. The number of hydrogen-bond donors (Lipinski definition) is 1. The van der Waals surface area contributed by atoms with E-state index in [1.807, 2.05) is 12.1 Å². The first kappa shape index (κ1) is 11.9. The van der Waals surface area contributed by atoms with Crippen molar-refractivity contribution in [2.24, 2.45) is 0 Å². The van der Waals surface area contributed by atoms with E-state index in [-0.39, 0.29) is 0 Å². The summed E-state index contributed by atoms with van der Waals surface area (Å²) in [6.07, 6.45) is 4.52. The van der Waals surface area contributed by atoms with Gasteiger partial charge in [-0.25, -0.2) is 0 Å². The number of hydrogen-bond acceptors (Lipinski definition) is 2. The van der Waals surface area contributed by atoms with Crippen molar-refractivity contribution in [1.29, 1.82) is 0 Å². The third-order valence-corrected chi connectivity index (χ3v) is 4.97. The SMILES string of the molecule is Cc1ccc(C(O)c2cc3c(s2)CCCC3)cc1. The molecule has 2 heteroatoms. The van der Waals surface area contributed by atoms with E-state index in [9.17, 15) is 5.11 Å². The Morgan fingerprint density at radius 3 is 2.56 bits per heavy atom. The second-order valence-electron chi connectivity index (χ2n) is 5.12. The van der Waals surface area contributed by atoms with Gasteiger partial charge in [0.05, 0.1) is 0 Å². The van der Waals surface area contributed by atoms with E-state index < -0.39 is 6.10 Å². The van der Waals surface area contributed by atoms with Crippen molar-refractivity contribution in [3.8, 4) is 0 Å². The number of benzene rings is 1. The van der Waals surface area contributed by atoms with Gasteiger partial charge < -0.3 is 5.11 Å². The molecule has 0 aliphatic heterocycles. The fourth-order valence-corrected chi connectivity index (χ4v) is 3.83. The molecule has 0 fully saturated rings. The smallest absolute Gasteiger partial charge is 0.113 e. The van der Waals surface area contributed by atoms with Gasteiger partial charge in [-0.2, -0.15) is 0 Å². The second-order valence-corrected chi connectivity index (χ2v) is 6.29. The topological polar surface area (TPSA) is 20.2 Å². The van der Waals surface area contributed by atoms with Crippen LogP contribution in [0.1, 0.15) is 45.4 Å². The Morgan fingerprint density at radius 1 is 1.11 bits per heavy atom. The van der Waals surface area contributed by atoms with Gasteiger partial charge in [-0.05, 0) is 49.8 Å². The molecule has 0 bridgehead atoms. The van der Waals surface area contributed by atoms with Crippen LogP contribution in [0.4, 0.5) is 0 Å². The predicted octanol–water partition coefficient (Wildman–Crippen LogP) is 4.02. The Hall–Kier alpha value is -1.12. The third kappa shape index (κ3) is 2.23. The molecule has 1 N–H and O–H groups in total. The lowest BCUT2D eigenvalue weighted by Crippen LogP contribution is -1.97. The average molecular weight is 258 g/mol. The van der Waals surface area contributed by atoms with E-state index in [4.69, 9.17) is 0 Å². The van der Waals surface area contributed by atoms with Gasteiger partial charge in [0.25, 0.3) is 0 Å². The summed E-state index contributed by atoms with van der Waals surface area (Å²) >= 11 is 1.79. The van der Waals surface area contributed by atoms with E-state index in [0.29, 0.717) is 0 Å². The van der Waals surface area contributed by atoms with Crippen LogP contribution < -0.4 is 0 Å². The van der Waals surface area contributed by atoms with Gasteiger partial charge in [0.15, 0.2) is 0 Å². The Morgan fingerprint density at radius 2 is 1.83 bits per heavy atom. The van der Waals surface area contributed by atoms with Gasteiger partial charge >= 0.3 is 0 Å². The number of aliphatic hydroxyl groups excluding tert-OH is 1. The molecule has 1 aromatic heterocycles. The van der Waals surface area contributed by atoms with Crippen LogP contribution in [0.5, 0.6) is 0 Å². The average Bonchev–Trinajstić information content (AvgIpc) is 2.82. The Labute approximate surface area is 112 Å². The second kappa shape index (κ2) is 4.87. The maximum absolute atomic E-state index is 10.4. The minimum absolute atomic E-state index is 0.457. The highest BCUT2D eigenvalue weighted by Crippen LogP contribution is 2.35. The summed E-state index contributed by atoms with van der Waals surface area (Å²) < 4.78 is 0. The van der Waals surface area contributed by atoms with Gasteiger partial charge in [0, 0.05) is 9.75 Å². The van der Waals surface area contributed by atoms with Crippen molar-refractivity contribution in [2.75, 3.05) is 0 Å². The number of rotatable bonds is 2. The molecule has 3 rings (SSSR count). The maximum atomic E-state index is 10.4. The largest absolute Gasteiger partial charge is 0.383 e. The van der Waals surface area contributed by atoms with Gasteiger partial charge in [0.1, 0.15) is 6.10 Å². The zero-order chi connectivity index (χ0) is 12.5. The first-order valence-electron chi connectivity index (χ1n) is 6.60. The van der Waals surface area contributed by atoms with Crippen LogP contribution in [0.3, 0.4) is 0 Å². The van der Waals surface area contributed by atoms with Crippen LogP contribution in [0.2, 0.25) is 0 Å². The van der Waals surface area contributed by atoms with Crippen LogP contribution in [-0.4, -0.2) is 5.11 Å². The van der Waals surface area contributed by atoms with E-state index >= 15 is 0 Å². The highest BCUT2D eigenvalue weighted by molar-refractivity contribution is 7.12. The molecule has 0 radical (unpaired) electrons. The predicted molar refractivity (Wildman–Crippen MR) is 76.2 cm³/mol. The van der Waals surface area contributed by atoms with Crippen LogP contribution in [0.15, 0.2) is 30.3 Å². The fraction of sp³-hybridized carbons (Fsp3) is 0.375. The Kier molecular flexibility index (Phi) is 3.23. The van der Waals surface area contributed by atoms with Gasteiger partial charge in [-0.15, -0.1) is 11.3 Å². The lowest BCUT2D eigenvalue weighted by molar-refractivity contribution is 0.224. The molecular formula is C16H18OS. The minimum atomic E-state index is -0.457. The molecule has 18 heavy (non-hydrogen) atoms. The summed E-state index contributed by atoms with van der Waals surface area (Å²) in [5.41, 5.74) is 3.70. The normalized spacial score (nSPS) is 16.3. The third-order valence-electron chi connectivity index (χ3n) is 3.68. The Balaban J connectivity index is 1.89. The number of aliphatic hydroxyl groups is 1. The van der Waals surface area contributed by atoms with E-state index in [1.165, 1.54) is 41.7 Å². The van der Waals surface area contributed by atoms with E-state index in [2.05, 4.69) is 25.1 Å². The summed E-state index contributed by atoms with van der Waals surface area (Å²) in [6, 6.07) is 10.4. The zero-order valence-corrected chi connectivity index (χ0v) is 11.5. The zero-order valence-electron chi connectivity index (χ0n) is 10.6. The minimum Gasteiger partial charge on any atom is -0.383 e. The van der Waals surface area contributed by atoms with E-state index in [0.717, 1.165) is 10.4 Å². The first-order valence-corrected chi connectivity index (χ1v) is 7.42. The molecule has 1 heterocycles. The molecule has 94 valence electrons. The summed E-state index contributed by atoms with van der Waals surface area (Å²) in [5, 5.41) is 10.4. The maximum Gasteiger partial charge on any atom is 0.113 e. The number of aryl methyl sites for hydroxylation is 3.